The monoisotopic (exact) mass is 386 g/mol. The SMILES string of the molecule is CCc1c(NC(=O)c2ccc(F)cc2)ccn1-c1ccc(Br)cc1. The highest BCUT2D eigenvalue weighted by Crippen LogP contribution is 2.24. The summed E-state index contributed by atoms with van der Waals surface area (Å²) in [4.78, 5) is 12.3. The zero-order valence-electron chi connectivity index (χ0n) is 13.1. The summed E-state index contributed by atoms with van der Waals surface area (Å²) in [6, 6.07) is 15.4. The van der Waals surface area contributed by atoms with Crippen LogP contribution in [0.3, 0.4) is 0 Å². The van der Waals surface area contributed by atoms with Gasteiger partial charge >= 0.3 is 0 Å². The van der Waals surface area contributed by atoms with Crippen LogP contribution in [0.1, 0.15) is 23.0 Å². The summed E-state index contributed by atoms with van der Waals surface area (Å²) in [7, 11) is 0. The fraction of sp³-hybridized carbons (Fsp3) is 0.105. The van der Waals surface area contributed by atoms with Crippen molar-refractivity contribution < 1.29 is 9.18 Å². The van der Waals surface area contributed by atoms with Crippen LogP contribution in [0.25, 0.3) is 5.69 Å². The highest BCUT2D eigenvalue weighted by atomic mass is 79.9. The first-order valence-corrected chi connectivity index (χ1v) is 8.41. The van der Waals surface area contributed by atoms with Crippen LogP contribution in [0, 0.1) is 5.82 Å². The maximum Gasteiger partial charge on any atom is 0.255 e. The van der Waals surface area contributed by atoms with E-state index in [0.29, 0.717) is 5.56 Å². The first-order chi connectivity index (χ1) is 11.6. The number of amides is 1. The van der Waals surface area contributed by atoms with Gasteiger partial charge in [0.25, 0.3) is 5.91 Å². The molecule has 24 heavy (non-hydrogen) atoms. The van der Waals surface area contributed by atoms with Crippen LogP contribution in [0.5, 0.6) is 0 Å². The number of anilines is 1. The van der Waals surface area contributed by atoms with Gasteiger partial charge in [0.2, 0.25) is 0 Å². The van der Waals surface area contributed by atoms with E-state index in [2.05, 4.69) is 21.2 Å². The van der Waals surface area contributed by atoms with Crippen molar-refractivity contribution in [1.29, 1.82) is 0 Å². The van der Waals surface area contributed by atoms with Crippen LogP contribution < -0.4 is 5.32 Å². The number of nitrogens with zero attached hydrogens (tertiary/aromatic N) is 1. The zero-order chi connectivity index (χ0) is 17.1. The predicted molar refractivity (Wildman–Crippen MR) is 97.2 cm³/mol. The molecule has 1 heterocycles. The van der Waals surface area contributed by atoms with Crippen molar-refractivity contribution in [2.45, 2.75) is 13.3 Å². The molecule has 1 N–H and O–H groups in total. The molecule has 3 nitrogen and oxygen atoms in total. The highest BCUT2D eigenvalue weighted by Gasteiger charge is 2.13. The minimum Gasteiger partial charge on any atom is -0.320 e. The second-order valence-electron chi connectivity index (χ2n) is 5.34. The third-order valence-corrected chi connectivity index (χ3v) is 4.31. The van der Waals surface area contributed by atoms with Gasteiger partial charge in [-0.2, -0.15) is 0 Å². The molecular weight excluding hydrogens is 371 g/mol. The number of aromatic nitrogens is 1. The number of hydrogen-bond donors (Lipinski definition) is 1. The molecule has 1 amide bonds. The fourth-order valence-electron chi connectivity index (χ4n) is 2.58. The lowest BCUT2D eigenvalue weighted by Gasteiger charge is -2.11. The van der Waals surface area contributed by atoms with E-state index < -0.39 is 0 Å². The summed E-state index contributed by atoms with van der Waals surface area (Å²) >= 11 is 3.43. The number of nitrogens with one attached hydrogen (secondary N) is 1. The van der Waals surface area contributed by atoms with Gasteiger partial charge < -0.3 is 9.88 Å². The number of benzene rings is 2. The second kappa shape index (κ2) is 7.01. The van der Waals surface area contributed by atoms with Gasteiger partial charge in [-0.25, -0.2) is 4.39 Å². The van der Waals surface area contributed by atoms with Crippen LogP contribution in [0.4, 0.5) is 10.1 Å². The summed E-state index contributed by atoms with van der Waals surface area (Å²) in [5.74, 6) is -0.611. The van der Waals surface area contributed by atoms with Crippen molar-refractivity contribution in [3.8, 4) is 5.69 Å². The van der Waals surface area contributed by atoms with E-state index >= 15 is 0 Å². The maximum atomic E-state index is 13.0. The Morgan fingerprint density at radius 1 is 1.08 bits per heavy atom. The standard InChI is InChI=1S/C19H16BrFN2O/c1-2-18-17(22-19(24)13-3-7-15(21)8-4-13)11-12-23(18)16-9-5-14(20)6-10-16/h3-12H,2H2,1H3,(H,22,24). The Hall–Kier alpha value is -2.40. The average Bonchev–Trinajstić information content (AvgIpc) is 2.98. The summed E-state index contributed by atoms with van der Waals surface area (Å²) < 4.78 is 16.0. The van der Waals surface area contributed by atoms with E-state index in [1.54, 1.807) is 0 Å². The highest BCUT2D eigenvalue weighted by molar-refractivity contribution is 9.10. The molecule has 0 unspecified atom stereocenters. The number of hydrogen-bond acceptors (Lipinski definition) is 1. The largest absolute Gasteiger partial charge is 0.320 e. The van der Waals surface area contributed by atoms with Gasteiger partial charge in [-0.3, -0.25) is 4.79 Å². The number of carbonyl (C=O) groups is 1. The van der Waals surface area contributed by atoms with Crippen LogP contribution in [-0.4, -0.2) is 10.5 Å². The minimum absolute atomic E-state index is 0.252. The molecule has 5 heteroatoms. The van der Waals surface area contributed by atoms with E-state index in [0.717, 1.165) is 28.0 Å². The Labute approximate surface area is 148 Å². The van der Waals surface area contributed by atoms with Crippen LogP contribution in [0.15, 0.2) is 65.3 Å². The van der Waals surface area contributed by atoms with Crippen molar-refractivity contribution in [2.24, 2.45) is 0 Å². The lowest BCUT2D eigenvalue weighted by molar-refractivity contribution is 0.102. The van der Waals surface area contributed by atoms with Crippen molar-refractivity contribution in [3.63, 3.8) is 0 Å². The topological polar surface area (TPSA) is 34.0 Å². The van der Waals surface area contributed by atoms with E-state index in [1.807, 2.05) is 48.0 Å². The lowest BCUT2D eigenvalue weighted by atomic mass is 10.2. The van der Waals surface area contributed by atoms with E-state index in [-0.39, 0.29) is 11.7 Å². The predicted octanol–water partition coefficient (Wildman–Crippen LogP) is 5.19. The second-order valence-corrected chi connectivity index (χ2v) is 6.25. The zero-order valence-corrected chi connectivity index (χ0v) is 14.7. The van der Waals surface area contributed by atoms with Crippen molar-refractivity contribution >= 4 is 27.5 Å². The summed E-state index contributed by atoms with van der Waals surface area (Å²) in [6.07, 6.45) is 2.70. The Kier molecular flexibility index (Phi) is 4.81. The van der Waals surface area contributed by atoms with Crippen molar-refractivity contribution in [1.82, 2.24) is 4.57 Å². The summed E-state index contributed by atoms with van der Waals surface area (Å²) in [5, 5.41) is 2.91. The van der Waals surface area contributed by atoms with Crippen molar-refractivity contribution in [3.05, 3.63) is 82.3 Å². The first kappa shape index (κ1) is 16.5. The molecule has 1 aromatic heterocycles. The molecular formula is C19H16BrFN2O. The normalized spacial score (nSPS) is 10.6. The molecule has 0 bridgehead atoms. The van der Waals surface area contributed by atoms with E-state index in [9.17, 15) is 9.18 Å². The van der Waals surface area contributed by atoms with E-state index in [4.69, 9.17) is 0 Å². The van der Waals surface area contributed by atoms with E-state index in [1.165, 1.54) is 24.3 Å². The van der Waals surface area contributed by atoms with Crippen molar-refractivity contribution in [2.75, 3.05) is 5.32 Å². The average molecular weight is 387 g/mol. The Morgan fingerprint density at radius 2 is 1.75 bits per heavy atom. The number of carbonyl (C=O) groups excluding carboxylic acids is 1. The fourth-order valence-corrected chi connectivity index (χ4v) is 2.84. The third kappa shape index (κ3) is 3.41. The minimum atomic E-state index is -0.359. The summed E-state index contributed by atoms with van der Waals surface area (Å²) in [6.45, 7) is 2.04. The molecule has 0 fully saturated rings. The molecule has 122 valence electrons. The molecule has 0 saturated heterocycles. The molecule has 0 aliphatic heterocycles. The first-order valence-electron chi connectivity index (χ1n) is 7.61. The van der Waals surface area contributed by atoms with Crippen LogP contribution in [-0.2, 0) is 6.42 Å². The Bertz CT molecular complexity index is 854. The molecule has 0 atom stereocenters. The quantitative estimate of drug-likeness (QED) is 0.657. The smallest absolute Gasteiger partial charge is 0.255 e. The summed E-state index contributed by atoms with van der Waals surface area (Å²) in [5.41, 5.74) is 3.22. The molecule has 3 rings (SSSR count). The molecule has 3 aromatic rings. The van der Waals surface area contributed by atoms with Crippen LogP contribution >= 0.6 is 15.9 Å². The Morgan fingerprint density at radius 3 is 2.38 bits per heavy atom. The van der Waals surface area contributed by atoms with Gasteiger partial charge in [0.05, 0.1) is 5.69 Å². The molecule has 0 aliphatic rings. The molecule has 0 aliphatic carbocycles. The third-order valence-electron chi connectivity index (χ3n) is 3.79. The number of halogens is 2. The van der Waals surface area contributed by atoms with Gasteiger partial charge in [-0.1, -0.05) is 22.9 Å². The number of rotatable bonds is 4. The molecule has 2 aromatic carbocycles. The molecule has 0 radical (unpaired) electrons. The van der Waals surface area contributed by atoms with Gasteiger partial charge in [-0.05, 0) is 61.0 Å². The van der Waals surface area contributed by atoms with Gasteiger partial charge in [0.15, 0.2) is 0 Å². The van der Waals surface area contributed by atoms with Gasteiger partial charge in [-0.15, -0.1) is 0 Å². The lowest BCUT2D eigenvalue weighted by Crippen LogP contribution is -2.13. The van der Waals surface area contributed by atoms with Crippen LogP contribution in [0.2, 0.25) is 0 Å². The van der Waals surface area contributed by atoms with Gasteiger partial charge in [0, 0.05) is 27.6 Å². The maximum absolute atomic E-state index is 13.0. The molecule has 0 spiro atoms. The van der Waals surface area contributed by atoms with Gasteiger partial charge in [0.1, 0.15) is 5.82 Å². The molecule has 0 saturated carbocycles. The Balaban J connectivity index is 1.88.